The van der Waals surface area contributed by atoms with E-state index in [1.807, 2.05) is 38.1 Å². The number of ether oxygens (including phenoxy) is 1. The average molecular weight is 483 g/mol. The summed E-state index contributed by atoms with van der Waals surface area (Å²) in [7, 11) is -3.56. The van der Waals surface area contributed by atoms with Gasteiger partial charge in [0.15, 0.2) is 0 Å². The fourth-order valence-electron chi connectivity index (χ4n) is 4.68. The Morgan fingerprint density at radius 2 is 1.88 bits per heavy atom. The van der Waals surface area contributed by atoms with Crippen molar-refractivity contribution in [3.05, 3.63) is 53.3 Å². The van der Waals surface area contributed by atoms with E-state index < -0.39 is 10.0 Å². The molecule has 2 saturated heterocycles. The third kappa shape index (κ3) is 4.47. The lowest BCUT2D eigenvalue weighted by Gasteiger charge is -2.30. The molecule has 0 spiro atoms. The number of amides is 1. The number of aryl methyl sites for hydroxylation is 2. The summed E-state index contributed by atoms with van der Waals surface area (Å²) >= 11 is 0. The Morgan fingerprint density at radius 3 is 2.59 bits per heavy atom. The van der Waals surface area contributed by atoms with E-state index in [0.29, 0.717) is 36.5 Å². The summed E-state index contributed by atoms with van der Waals surface area (Å²) in [5.41, 5.74) is 4.41. The number of nitrogens with one attached hydrogen (secondary N) is 2. The second-order valence-electron chi connectivity index (χ2n) is 9.27. The summed E-state index contributed by atoms with van der Waals surface area (Å²) in [6.07, 6.45) is 2.99. The van der Waals surface area contributed by atoms with Crippen LogP contribution in [0.25, 0.3) is 11.0 Å². The van der Waals surface area contributed by atoms with Crippen LogP contribution in [-0.4, -0.2) is 48.3 Å². The zero-order valence-electron chi connectivity index (χ0n) is 19.5. The minimum Gasteiger partial charge on any atom is -0.370 e. The molecule has 3 aromatic rings. The molecular weight excluding hydrogens is 452 g/mol. The fourth-order valence-corrected chi connectivity index (χ4v) is 6.23. The second-order valence-corrected chi connectivity index (χ2v) is 11.2. The van der Waals surface area contributed by atoms with Gasteiger partial charge in [0.1, 0.15) is 11.9 Å². The highest BCUT2D eigenvalue weighted by atomic mass is 32.2. The summed E-state index contributed by atoms with van der Waals surface area (Å²) in [4.78, 5) is 21.1. The van der Waals surface area contributed by atoms with Crippen LogP contribution in [0, 0.1) is 19.8 Å². The molecule has 1 aromatic heterocycles. The van der Waals surface area contributed by atoms with Crippen molar-refractivity contribution in [1.82, 2.24) is 14.3 Å². The first-order valence-corrected chi connectivity index (χ1v) is 13.2. The molecule has 2 aliphatic heterocycles. The van der Waals surface area contributed by atoms with E-state index in [4.69, 9.17) is 4.74 Å². The van der Waals surface area contributed by atoms with Gasteiger partial charge in [-0.15, -0.1) is 0 Å². The molecule has 0 aliphatic carbocycles. The molecule has 2 N–H and O–H groups in total. The molecular formula is C25H30N4O4S. The van der Waals surface area contributed by atoms with Gasteiger partial charge in [-0.2, -0.15) is 4.31 Å². The number of sulfonamides is 1. The molecule has 0 bridgehead atoms. The van der Waals surface area contributed by atoms with Crippen LogP contribution in [-0.2, 0) is 19.6 Å². The minimum absolute atomic E-state index is 0.00993. The minimum atomic E-state index is -3.56. The van der Waals surface area contributed by atoms with Crippen molar-refractivity contribution in [2.45, 2.75) is 50.5 Å². The number of rotatable bonds is 5. The molecule has 1 atom stereocenters. The quantitative estimate of drug-likeness (QED) is 0.570. The predicted molar refractivity (Wildman–Crippen MR) is 130 cm³/mol. The zero-order chi connectivity index (χ0) is 23.9. The molecule has 34 heavy (non-hydrogen) atoms. The molecule has 3 heterocycles. The van der Waals surface area contributed by atoms with Gasteiger partial charge in [-0.1, -0.05) is 6.07 Å². The first-order valence-electron chi connectivity index (χ1n) is 11.8. The smallest absolute Gasteiger partial charge is 0.243 e. The number of carbonyl (C=O) groups excluding carboxylic acids is 1. The van der Waals surface area contributed by atoms with Crippen LogP contribution in [0.3, 0.4) is 0 Å². The summed E-state index contributed by atoms with van der Waals surface area (Å²) in [5.74, 6) is 0.515. The van der Waals surface area contributed by atoms with Crippen LogP contribution in [0.1, 0.15) is 48.7 Å². The fraction of sp³-hybridized carbons (Fsp3) is 0.440. The Hall–Kier alpha value is -2.75. The number of hydrogen-bond donors (Lipinski definition) is 2. The van der Waals surface area contributed by atoms with Crippen LogP contribution in [0.5, 0.6) is 0 Å². The normalized spacial score (nSPS) is 20.1. The van der Waals surface area contributed by atoms with Gasteiger partial charge in [0, 0.05) is 31.3 Å². The molecule has 8 nitrogen and oxygen atoms in total. The van der Waals surface area contributed by atoms with Gasteiger partial charge >= 0.3 is 0 Å². The molecule has 0 saturated carbocycles. The Labute approximate surface area is 199 Å². The molecule has 180 valence electrons. The Morgan fingerprint density at radius 1 is 1.09 bits per heavy atom. The summed E-state index contributed by atoms with van der Waals surface area (Å²) in [5, 5.41) is 3.00. The van der Waals surface area contributed by atoms with Gasteiger partial charge in [0.05, 0.1) is 15.9 Å². The van der Waals surface area contributed by atoms with Crippen molar-refractivity contribution >= 4 is 32.7 Å². The number of anilines is 1. The van der Waals surface area contributed by atoms with E-state index in [0.717, 1.165) is 47.4 Å². The number of hydrogen-bond acceptors (Lipinski definition) is 5. The highest BCUT2D eigenvalue weighted by Gasteiger charge is 2.32. The lowest BCUT2D eigenvalue weighted by molar-refractivity contribution is -0.120. The maximum atomic E-state index is 13.0. The number of carbonyl (C=O) groups is 1. The second kappa shape index (κ2) is 9.13. The number of imidazole rings is 1. The van der Waals surface area contributed by atoms with Crippen LogP contribution < -0.4 is 5.32 Å². The van der Waals surface area contributed by atoms with E-state index in [-0.39, 0.29) is 17.9 Å². The number of piperidine rings is 1. The molecule has 9 heteroatoms. The summed E-state index contributed by atoms with van der Waals surface area (Å²) < 4.78 is 33.3. The monoisotopic (exact) mass is 482 g/mol. The molecule has 1 amide bonds. The van der Waals surface area contributed by atoms with Crippen molar-refractivity contribution in [2.24, 2.45) is 5.92 Å². The summed E-state index contributed by atoms with van der Waals surface area (Å²) in [6.45, 7) is 5.29. The lowest BCUT2D eigenvalue weighted by atomic mass is 9.97. The average Bonchev–Trinajstić information content (AvgIpc) is 3.50. The van der Waals surface area contributed by atoms with Gasteiger partial charge in [-0.05, 0) is 81.0 Å². The van der Waals surface area contributed by atoms with E-state index in [1.165, 1.54) is 4.31 Å². The lowest BCUT2D eigenvalue weighted by Crippen LogP contribution is -2.41. The van der Waals surface area contributed by atoms with E-state index in [1.54, 1.807) is 12.1 Å². The largest absolute Gasteiger partial charge is 0.370 e. The highest BCUT2D eigenvalue weighted by Crippen LogP contribution is 2.29. The van der Waals surface area contributed by atoms with E-state index in [9.17, 15) is 13.2 Å². The van der Waals surface area contributed by atoms with Crippen molar-refractivity contribution < 1.29 is 17.9 Å². The van der Waals surface area contributed by atoms with Gasteiger partial charge in [-0.3, -0.25) is 4.79 Å². The Kier molecular flexibility index (Phi) is 6.18. The zero-order valence-corrected chi connectivity index (χ0v) is 20.3. The Balaban J connectivity index is 1.22. The maximum Gasteiger partial charge on any atom is 0.243 e. The van der Waals surface area contributed by atoms with Gasteiger partial charge in [-0.25, -0.2) is 13.4 Å². The molecule has 2 aromatic carbocycles. The molecule has 1 unspecified atom stereocenters. The van der Waals surface area contributed by atoms with Gasteiger partial charge in [0.25, 0.3) is 0 Å². The molecule has 5 rings (SSSR count). The number of fused-ring (bicyclic) bond motifs is 1. The van der Waals surface area contributed by atoms with Crippen molar-refractivity contribution in [3.8, 4) is 0 Å². The van der Waals surface area contributed by atoms with Crippen molar-refractivity contribution in [2.75, 3.05) is 25.0 Å². The molecule has 2 fully saturated rings. The number of benzene rings is 2. The third-order valence-corrected chi connectivity index (χ3v) is 8.84. The van der Waals surface area contributed by atoms with Crippen molar-refractivity contribution in [1.29, 1.82) is 0 Å². The van der Waals surface area contributed by atoms with Crippen LogP contribution in [0.2, 0.25) is 0 Å². The number of aromatic nitrogens is 2. The molecule has 0 radical (unpaired) electrons. The van der Waals surface area contributed by atoms with Gasteiger partial charge < -0.3 is 15.0 Å². The van der Waals surface area contributed by atoms with Crippen LogP contribution in [0.15, 0.2) is 41.3 Å². The van der Waals surface area contributed by atoms with E-state index >= 15 is 0 Å². The first kappa shape index (κ1) is 23.0. The topological polar surface area (TPSA) is 104 Å². The number of aromatic amines is 1. The number of nitrogens with zero attached hydrogens (tertiary/aromatic N) is 2. The SMILES string of the molecule is Cc1ccc(S(=O)(=O)N2CCC(C(=O)Nc3ccc4nc(C5CCCO5)[nH]c4c3)CC2)cc1C. The standard InChI is InChI=1S/C25H30N4O4S/c1-16-5-7-20(14-17(16)2)34(31,32)29-11-9-18(10-12-29)25(30)26-19-6-8-21-22(15-19)28-24(27-21)23-4-3-13-33-23/h5-8,14-15,18,23H,3-4,9-13H2,1-2H3,(H,26,30)(H,27,28). The maximum absolute atomic E-state index is 13.0. The number of H-pyrrole nitrogens is 1. The van der Waals surface area contributed by atoms with E-state index in [2.05, 4.69) is 15.3 Å². The van der Waals surface area contributed by atoms with Crippen LogP contribution in [0.4, 0.5) is 5.69 Å². The van der Waals surface area contributed by atoms with Gasteiger partial charge in [0.2, 0.25) is 15.9 Å². The first-order chi connectivity index (χ1) is 16.3. The predicted octanol–water partition coefficient (Wildman–Crippen LogP) is 4.07. The van der Waals surface area contributed by atoms with Crippen molar-refractivity contribution in [3.63, 3.8) is 0 Å². The molecule has 2 aliphatic rings. The Bertz CT molecular complexity index is 1320. The summed E-state index contributed by atoms with van der Waals surface area (Å²) in [6, 6.07) is 10.8. The van der Waals surface area contributed by atoms with Crippen LogP contribution >= 0.6 is 0 Å². The third-order valence-electron chi connectivity index (χ3n) is 6.94. The highest BCUT2D eigenvalue weighted by molar-refractivity contribution is 7.89.